The summed E-state index contributed by atoms with van der Waals surface area (Å²) in [6.45, 7) is 10.5. The molecule has 1 atom stereocenters. The number of aliphatic carboxylic acids is 1. The molecule has 0 aromatic carbocycles. The van der Waals surface area contributed by atoms with Crippen molar-refractivity contribution in [1.82, 2.24) is 14.7 Å². The second-order valence-corrected chi connectivity index (χ2v) is 7.16. The smallest absolute Gasteiger partial charge is 0.317 e. The number of rotatable bonds is 7. The number of likely N-dealkylation sites (tertiary alicyclic amines) is 1. The quantitative estimate of drug-likeness (QED) is 0.748. The Bertz CT molecular complexity index is 397. The summed E-state index contributed by atoms with van der Waals surface area (Å²) >= 11 is 0. The van der Waals surface area contributed by atoms with Gasteiger partial charge in [-0.25, -0.2) is 0 Å². The summed E-state index contributed by atoms with van der Waals surface area (Å²) in [6, 6.07) is 0.713. The first-order valence-corrected chi connectivity index (χ1v) is 8.68. The van der Waals surface area contributed by atoms with Gasteiger partial charge < -0.3 is 10.0 Å². The number of likely N-dealkylation sites (N-methyl/N-ethyl adjacent to an activating group) is 1. The number of carboxylic acids is 1. The molecule has 0 radical (unpaired) electrons. The minimum atomic E-state index is -0.784. The van der Waals surface area contributed by atoms with Crippen LogP contribution in [0.1, 0.15) is 47.0 Å². The maximum absolute atomic E-state index is 12.6. The number of hydrogen-bond acceptors (Lipinski definition) is 4. The summed E-state index contributed by atoms with van der Waals surface area (Å²) in [5.41, 5.74) is 0. The number of nitrogens with zero attached hydrogens (tertiary/aromatic N) is 3. The van der Waals surface area contributed by atoms with E-state index in [2.05, 4.69) is 32.6 Å². The van der Waals surface area contributed by atoms with Crippen LogP contribution in [0.25, 0.3) is 0 Å². The van der Waals surface area contributed by atoms with E-state index in [1.165, 1.54) is 0 Å². The van der Waals surface area contributed by atoms with Crippen LogP contribution in [0.5, 0.6) is 0 Å². The highest BCUT2D eigenvalue weighted by molar-refractivity contribution is 5.85. The Balaban J connectivity index is 0.00000529. The highest BCUT2D eigenvalue weighted by Gasteiger charge is 2.25. The van der Waals surface area contributed by atoms with Crippen LogP contribution in [0, 0.1) is 0 Å². The molecule has 1 amide bonds. The van der Waals surface area contributed by atoms with E-state index in [0.717, 1.165) is 32.4 Å². The predicted molar refractivity (Wildman–Crippen MR) is 98.7 cm³/mol. The Labute approximate surface area is 152 Å². The van der Waals surface area contributed by atoms with E-state index in [-0.39, 0.29) is 43.0 Å². The molecule has 7 heteroatoms. The zero-order chi connectivity index (χ0) is 17.6. The summed E-state index contributed by atoms with van der Waals surface area (Å²) in [4.78, 5) is 29.5. The van der Waals surface area contributed by atoms with Crippen LogP contribution in [-0.2, 0) is 9.59 Å². The molecular formula is C17H34ClN3O3. The molecule has 0 bridgehead atoms. The van der Waals surface area contributed by atoms with E-state index in [4.69, 9.17) is 5.11 Å². The van der Waals surface area contributed by atoms with E-state index >= 15 is 0 Å². The third-order valence-electron chi connectivity index (χ3n) is 4.56. The molecule has 6 nitrogen and oxygen atoms in total. The Morgan fingerprint density at radius 3 is 2.21 bits per heavy atom. The van der Waals surface area contributed by atoms with Crippen LogP contribution in [0.2, 0.25) is 0 Å². The molecule has 24 heavy (non-hydrogen) atoms. The van der Waals surface area contributed by atoms with Crippen molar-refractivity contribution in [2.75, 3.05) is 33.2 Å². The normalized spacial score (nSPS) is 19.2. The molecular weight excluding hydrogens is 330 g/mol. The molecule has 0 aliphatic carbocycles. The fourth-order valence-corrected chi connectivity index (χ4v) is 3.52. The van der Waals surface area contributed by atoms with Gasteiger partial charge in [0.15, 0.2) is 0 Å². The molecule has 0 saturated carbocycles. The third kappa shape index (κ3) is 7.36. The molecule has 1 aliphatic heterocycles. The van der Waals surface area contributed by atoms with E-state index in [1.807, 2.05) is 16.8 Å². The van der Waals surface area contributed by atoms with Crippen molar-refractivity contribution in [3.8, 4) is 0 Å². The van der Waals surface area contributed by atoms with Gasteiger partial charge in [-0.2, -0.15) is 0 Å². The van der Waals surface area contributed by atoms with Crippen molar-refractivity contribution in [2.24, 2.45) is 0 Å². The van der Waals surface area contributed by atoms with Crippen LogP contribution in [-0.4, -0.2) is 83.0 Å². The maximum Gasteiger partial charge on any atom is 0.317 e. The number of hydrogen-bond donors (Lipinski definition) is 1. The van der Waals surface area contributed by atoms with E-state index in [9.17, 15) is 9.59 Å². The summed E-state index contributed by atoms with van der Waals surface area (Å²) in [6.07, 6.45) is 2.91. The van der Waals surface area contributed by atoms with Crippen molar-refractivity contribution >= 4 is 24.3 Å². The molecule has 1 unspecified atom stereocenters. The zero-order valence-electron chi connectivity index (χ0n) is 15.7. The fraction of sp³-hybridized carbons (Fsp3) is 0.882. The van der Waals surface area contributed by atoms with Gasteiger partial charge in [-0.05, 0) is 60.5 Å². The molecule has 0 aromatic rings. The number of amides is 1. The van der Waals surface area contributed by atoms with Gasteiger partial charge in [0.1, 0.15) is 0 Å². The van der Waals surface area contributed by atoms with Gasteiger partial charge >= 0.3 is 5.97 Å². The lowest BCUT2D eigenvalue weighted by molar-refractivity contribution is -0.138. The Morgan fingerprint density at radius 2 is 1.71 bits per heavy atom. The van der Waals surface area contributed by atoms with Gasteiger partial charge in [-0.15, -0.1) is 12.4 Å². The first-order chi connectivity index (χ1) is 10.7. The number of halogens is 1. The highest BCUT2D eigenvalue weighted by Crippen LogP contribution is 2.16. The first-order valence-electron chi connectivity index (χ1n) is 8.68. The molecule has 1 aliphatic rings. The molecule has 1 fully saturated rings. The Hall–Kier alpha value is -0.850. The van der Waals surface area contributed by atoms with E-state index in [1.54, 1.807) is 0 Å². The van der Waals surface area contributed by atoms with Crippen LogP contribution < -0.4 is 0 Å². The standard InChI is InChI=1S/C17H33N3O3.ClH/c1-13(2)20(14(3)4)16(21)11-19-9-6-7-15(8-10-19)18(5)12-17(22)23;/h13-15H,6-12H2,1-5H3,(H,22,23);1H. The summed E-state index contributed by atoms with van der Waals surface area (Å²) in [5, 5.41) is 8.92. The zero-order valence-corrected chi connectivity index (χ0v) is 16.5. The monoisotopic (exact) mass is 363 g/mol. The largest absolute Gasteiger partial charge is 0.480 e. The minimum absolute atomic E-state index is 0. The topological polar surface area (TPSA) is 64.1 Å². The lowest BCUT2D eigenvalue weighted by Gasteiger charge is -2.33. The van der Waals surface area contributed by atoms with Gasteiger partial charge in [-0.3, -0.25) is 19.4 Å². The van der Waals surface area contributed by atoms with Gasteiger partial charge in [0.05, 0.1) is 13.1 Å². The van der Waals surface area contributed by atoms with Gasteiger partial charge in [0, 0.05) is 24.7 Å². The molecule has 1 heterocycles. The van der Waals surface area contributed by atoms with Crippen LogP contribution in [0.15, 0.2) is 0 Å². The second-order valence-electron chi connectivity index (χ2n) is 7.16. The lowest BCUT2D eigenvalue weighted by atomic mass is 10.1. The summed E-state index contributed by atoms with van der Waals surface area (Å²) in [7, 11) is 1.87. The summed E-state index contributed by atoms with van der Waals surface area (Å²) in [5.74, 6) is -0.597. The average Bonchev–Trinajstić information content (AvgIpc) is 2.62. The third-order valence-corrected chi connectivity index (χ3v) is 4.56. The molecule has 1 saturated heterocycles. The van der Waals surface area contributed by atoms with Crippen molar-refractivity contribution in [1.29, 1.82) is 0 Å². The number of carboxylic acid groups (broad SMARTS) is 1. The van der Waals surface area contributed by atoms with Crippen molar-refractivity contribution in [3.63, 3.8) is 0 Å². The van der Waals surface area contributed by atoms with Gasteiger partial charge in [-0.1, -0.05) is 0 Å². The number of carbonyl (C=O) groups is 2. The first kappa shape index (κ1) is 23.1. The Kier molecular flexibility index (Phi) is 10.5. The van der Waals surface area contributed by atoms with Gasteiger partial charge in [0.25, 0.3) is 0 Å². The van der Waals surface area contributed by atoms with Crippen LogP contribution >= 0.6 is 12.4 Å². The van der Waals surface area contributed by atoms with Crippen molar-refractivity contribution in [3.05, 3.63) is 0 Å². The van der Waals surface area contributed by atoms with Crippen LogP contribution in [0.4, 0.5) is 0 Å². The Morgan fingerprint density at radius 1 is 1.12 bits per heavy atom. The van der Waals surface area contributed by atoms with E-state index < -0.39 is 5.97 Å². The molecule has 0 spiro atoms. The molecule has 142 valence electrons. The highest BCUT2D eigenvalue weighted by atomic mass is 35.5. The lowest BCUT2D eigenvalue weighted by Crippen LogP contribution is -2.47. The minimum Gasteiger partial charge on any atom is -0.480 e. The SMILES string of the molecule is CC(C)N(C(=O)CN1CCCC(N(C)CC(=O)O)CC1)C(C)C.Cl. The molecule has 1 N–H and O–H groups in total. The average molecular weight is 364 g/mol. The number of carbonyl (C=O) groups excluding carboxylic acids is 1. The van der Waals surface area contributed by atoms with Crippen molar-refractivity contribution < 1.29 is 14.7 Å². The molecule has 0 aromatic heterocycles. The predicted octanol–water partition coefficient (Wildman–Crippen LogP) is 1.92. The second kappa shape index (κ2) is 10.9. The maximum atomic E-state index is 12.6. The van der Waals surface area contributed by atoms with Crippen LogP contribution in [0.3, 0.4) is 0 Å². The van der Waals surface area contributed by atoms with Crippen molar-refractivity contribution in [2.45, 2.75) is 65.1 Å². The fourth-order valence-electron chi connectivity index (χ4n) is 3.52. The van der Waals surface area contributed by atoms with E-state index in [0.29, 0.717) is 6.54 Å². The van der Waals surface area contributed by atoms with Gasteiger partial charge in [0.2, 0.25) is 5.91 Å². The summed E-state index contributed by atoms with van der Waals surface area (Å²) < 4.78 is 0. The molecule has 1 rings (SSSR count).